The Labute approximate surface area is 115 Å². The SMILES string of the molecule is CC(CN)S(=O)CCS(=O)(=O)c1ccc(C#N)cc1. The Morgan fingerprint density at radius 1 is 1.37 bits per heavy atom. The van der Waals surface area contributed by atoms with Crippen molar-refractivity contribution in [2.75, 3.05) is 18.1 Å². The van der Waals surface area contributed by atoms with E-state index in [0.717, 1.165) is 0 Å². The molecule has 5 nitrogen and oxygen atoms in total. The van der Waals surface area contributed by atoms with Gasteiger partial charge in [0.15, 0.2) is 9.84 Å². The molecule has 104 valence electrons. The van der Waals surface area contributed by atoms with Crippen molar-refractivity contribution >= 4 is 20.6 Å². The summed E-state index contributed by atoms with van der Waals surface area (Å²) >= 11 is 0. The van der Waals surface area contributed by atoms with Gasteiger partial charge in [0, 0.05) is 28.3 Å². The van der Waals surface area contributed by atoms with Crippen LogP contribution in [0.25, 0.3) is 0 Å². The molecule has 0 aliphatic rings. The van der Waals surface area contributed by atoms with Gasteiger partial charge < -0.3 is 5.73 Å². The molecule has 2 N–H and O–H groups in total. The van der Waals surface area contributed by atoms with Crippen LogP contribution < -0.4 is 5.73 Å². The molecule has 0 bridgehead atoms. The minimum Gasteiger partial charge on any atom is -0.329 e. The molecule has 2 atom stereocenters. The van der Waals surface area contributed by atoms with Crippen molar-refractivity contribution in [1.29, 1.82) is 5.26 Å². The molecule has 0 aliphatic carbocycles. The van der Waals surface area contributed by atoms with Gasteiger partial charge in [-0.05, 0) is 31.2 Å². The number of rotatable bonds is 6. The first-order valence-corrected chi connectivity index (χ1v) is 8.74. The Hall–Kier alpha value is -1.23. The maximum atomic E-state index is 12.0. The molecule has 1 aromatic carbocycles. The minimum atomic E-state index is -3.47. The zero-order valence-electron chi connectivity index (χ0n) is 10.6. The van der Waals surface area contributed by atoms with Crippen molar-refractivity contribution in [2.45, 2.75) is 17.1 Å². The van der Waals surface area contributed by atoms with Gasteiger partial charge in [0.05, 0.1) is 22.3 Å². The predicted molar refractivity (Wildman–Crippen MR) is 74.7 cm³/mol. The van der Waals surface area contributed by atoms with E-state index in [1.54, 1.807) is 6.92 Å². The number of nitrogens with zero attached hydrogens (tertiary/aromatic N) is 1. The zero-order chi connectivity index (χ0) is 14.5. The molecule has 0 fully saturated rings. The van der Waals surface area contributed by atoms with E-state index in [-0.39, 0.29) is 28.2 Å². The monoisotopic (exact) mass is 300 g/mol. The van der Waals surface area contributed by atoms with E-state index in [2.05, 4.69) is 0 Å². The van der Waals surface area contributed by atoms with Crippen LogP contribution in [0.5, 0.6) is 0 Å². The Balaban J connectivity index is 2.76. The summed E-state index contributed by atoms with van der Waals surface area (Å²) in [5.41, 5.74) is 5.78. The summed E-state index contributed by atoms with van der Waals surface area (Å²) in [5.74, 6) is -0.115. The second-order valence-corrected chi connectivity index (χ2v) is 8.17. The molecule has 7 heteroatoms. The Morgan fingerprint density at radius 3 is 2.42 bits per heavy atom. The lowest BCUT2D eigenvalue weighted by Crippen LogP contribution is -2.26. The number of sulfone groups is 1. The summed E-state index contributed by atoms with van der Waals surface area (Å²) in [4.78, 5) is 0.143. The molecule has 1 rings (SSSR count). The molecule has 0 saturated carbocycles. The summed E-state index contributed by atoms with van der Waals surface area (Å²) in [7, 11) is -4.71. The highest BCUT2D eigenvalue weighted by Crippen LogP contribution is 2.12. The van der Waals surface area contributed by atoms with Crippen molar-refractivity contribution in [3.8, 4) is 6.07 Å². The maximum absolute atomic E-state index is 12.0. The number of hydrogen-bond acceptors (Lipinski definition) is 5. The molecule has 19 heavy (non-hydrogen) atoms. The zero-order valence-corrected chi connectivity index (χ0v) is 12.2. The normalized spacial score (nSPS) is 14.6. The van der Waals surface area contributed by atoms with Gasteiger partial charge in [0.25, 0.3) is 0 Å². The van der Waals surface area contributed by atoms with Gasteiger partial charge in [-0.15, -0.1) is 0 Å². The van der Waals surface area contributed by atoms with Crippen molar-refractivity contribution in [3.63, 3.8) is 0 Å². The average Bonchev–Trinajstić information content (AvgIpc) is 2.44. The fraction of sp³-hybridized carbons (Fsp3) is 0.417. The van der Waals surface area contributed by atoms with Crippen LogP contribution in [0.1, 0.15) is 12.5 Å². The summed E-state index contributed by atoms with van der Waals surface area (Å²) in [6.07, 6.45) is 0. The Morgan fingerprint density at radius 2 is 1.95 bits per heavy atom. The van der Waals surface area contributed by atoms with Gasteiger partial charge in [-0.25, -0.2) is 8.42 Å². The van der Waals surface area contributed by atoms with E-state index < -0.39 is 20.6 Å². The fourth-order valence-corrected chi connectivity index (χ4v) is 4.29. The van der Waals surface area contributed by atoms with E-state index in [1.165, 1.54) is 24.3 Å². The van der Waals surface area contributed by atoms with E-state index in [0.29, 0.717) is 5.56 Å². The maximum Gasteiger partial charge on any atom is 0.179 e. The van der Waals surface area contributed by atoms with Gasteiger partial charge in [-0.3, -0.25) is 4.21 Å². The number of nitrogens with two attached hydrogens (primary N) is 1. The number of nitriles is 1. The first kappa shape index (κ1) is 15.8. The first-order valence-electron chi connectivity index (χ1n) is 5.71. The van der Waals surface area contributed by atoms with Crippen LogP contribution in [-0.4, -0.2) is 35.9 Å². The van der Waals surface area contributed by atoms with Crippen LogP contribution in [-0.2, 0) is 20.6 Å². The highest BCUT2D eigenvalue weighted by molar-refractivity contribution is 7.93. The molecule has 0 heterocycles. The third kappa shape index (κ3) is 4.42. The van der Waals surface area contributed by atoms with Crippen molar-refractivity contribution in [1.82, 2.24) is 0 Å². The molecular formula is C12H16N2O3S2. The first-order chi connectivity index (χ1) is 8.90. The van der Waals surface area contributed by atoms with Gasteiger partial charge in [-0.1, -0.05) is 0 Å². The van der Waals surface area contributed by atoms with Crippen molar-refractivity contribution in [3.05, 3.63) is 29.8 Å². The summed E-state index contributed by atoms with van der Waals surface area (Å²) in [6, 6.07) is 7.61. The Bertz CT molecular complexity index is 588. The van der Waals surface area contributed by atoms with Crippen LogP contribution in [0.3, 0.4) is 0 Å². The van der Waals surface area contributed by atoms with Gasteiger partial charge in [0.2, 0.25) is 0 Å². The van der Waals surface area contributed by atoms with E-state index >= 15 is 0 Å². The van der Waals surface area contributed by atoms with E-state index in [4.69, 9.17) is 11.0 Å². The van der Waals surface area contributed by atoms with E-state index in [1.807, 2.05) is 6.07 Å². The van der Waals surface area contributed by atoms with Crippen LogP contribution in [0, 0.1) is 11.3 Å². The van der Waals surface area contributed by atoms with Crippen LogP contribution in [0.2, 0.25) is 0 Å². The van der Waals surface area contributed by atoms with Crippen molar-refractivity contribution in [2.24, 2.45) is 5.73 Å². The van der Waals surface area contributed by atoms with Crippen LogP contribution >= 0.6 is 0 Å². The number of benzene rings is 1. The molecule has 0 aromatic heterocycles. The molecule has 0 aliphatic heterocycles. The van der Waals surface area contributed by atoms with Gasteiger partial charge >= 0.3 is 0 Å². The van der Waals surface area contributed by atoms with Gasteiger partial charge in [-0.2, -0.15) is 5.26 Å². The average molecular weight is 300 g/mol. The molecule has 1 aromatic rings. The third-order valence-electron chi connectivity index (χ3n) is 2.68. The second kappa shape index (κ2) is 6.80. The molecule has 2 unspecified atom stereocenters. The second-order valence-electron chi connectivity index (χ2n) is 4.09. The molecular weight excluding hydrogens is 284 g/mol. The highest BCUT2D eigenvalue weighted by Gasteiger charge is 2.18. The molecule has 0 saturated heterocycles. The minimum absolute atomic E-state index is 0.0701. The highest BCUT2D eigenvalue weighted by atomic mass is 32.2. The topological polar surface area (TPSA) is 101 Å². The van der Waals surface area contributed by atoms with E-state index in [9.17, 15) is 12.6 Å². The fourth-order valence-electron chi connectivity index (χ4n) is 1.36. The van der Waals surface area contributed by atoms with Crippen molar-refractivity contribution < 1.29 is 12.6 Å². The van der Waals surface area contributed by atoms with Gasteiger partial charge in [0.1, 0.15) is 0 Å². The smallest absolute Gasteiger partial charge is 0.179 e. The predicted octanol–water partition coefficient (Wildman–Crippen LogP) is 0.428. The Kier molecular flexibility index (Phi) is 5.66. The molecule has 0 radical (unpaired) electrons. The summed E-state index contributed by atoms with van der Waals surface area (Å²) in [5, 5.41) is 8.43. The lowest BCUT2D eigenvalue weighted by Gasteiger charge is -2.09. The number of hydrogen-bond donors (Lipinski definition) is 1. The lowest BCUT2D eigenvalue weighted by atomic mass is 10.2. The van der Waals surface area contributed by atoms with Crippen LogP contribution in [0.4, 0.5) is 0 Å². The lowest BCUT2D eigenvalue weighted by molar-refractivity contribution is 0.597. The summed E-state index contributed by atoms with van der Waals surface area (Å²) < 4.78 is 35.7. The summed E-state index contributed by atoms with van der Waals surface area (Å²) in [6.45, 7) is 1.99. The molecule has 0 spiro atoms. The van der Waals surface area contributed by atoms with Crippen LogP contribution in [0.15, 0.2) is 29.2 Å². The molecule has 0 amide bonds. The standard InChI is InChI=1S/C12H16N2O3S2/c1-10(8-13)18(15)6-7-19(16,17)12-4-2-11(9-14)3-5-12/h2-5,10H,6-8,13H2,1H3. The largest absolute Gasteiger partial charge is 0.329 e. The third-order valence-corrected chi connectivity index (χ3v) is 6.36. The quantitative estimate of drug-likeness (QED) is 0.821.